The van der Waals surface area contributed by atoms with Crippen molar-refractivity contribution in [1.29, 1.82) is 0 Å². The Morgan fingerprint density at radius 3 is 2.54 bits per heavy atom. The van der Waals surface area contributed by atoms with E-state index in [1.165, 1.54) is 30.0 Å². The van der Waals surface area contributed by atoms with Crippen molar-refractivity contribution in [2.75, 3.05) is 29.4 Å². The molecule has 0 aliphatic carbocycles. The number of carboxylic acid groups (broad SMARTS) is 1. The third-order valence-corrected chi connectivity index (χ3v) is 4.51. The van der Waals surface area contributed by atoms with E-state index >= 15 is 0 Å². The van der Waals surface area contributed by atoms with Gasteiger partial charge in [0.25, 0.3) is 5.91 Å². The summed E-state index contributed by atoms with van der Waals surface area (Å²) in [5, 5.41) is 11.7. The largest absolute Gasteiger partial charge is 0.481 e. The number of hydrogen-bond donors (Lipinski definition) is 3. The van der Waals surface area contributed by atoms with E-state index in [1.807, 2.05) is 0 Å². The topological polar surface area (TPSA) is 133 Å². The summed E-state index contributed by atoms with van der Waals surface area (Å²) in [6, 6.07) is 4.24. The highest BCUT2D eigenvalue weighted by Crippen LogP contribution is 2.26. The van der Waals surface area contributed by atoms with Crippen molar-refractivity contribution in [2.45, 2.75) is 19.8 Å². The van der Waals surface area contributed by atoms with E-state index in [-0.39, 0.29) is 23.7 Å². The molecule has 1 aromatic carbocycles. The van der Waals surface area contributed by atoms with Crippen LogP contribution in [0.3, 0.4) is 0 Å². The van der Waals surface area contributed by atoms with Crippen molar-refractivity contribution >= 4 is 39.2 Å². The number of carbonyl (C=O) groups is 3. The molecule has 26 heavy (non-hydrogen) atoms. The van der Waals surface area contributed by atoms with Gasteiger partial charge in [-0.05, 0) is 31.0 Å². The van der Waals surface area contributed by atoms with Crippen LogP contribution in [-0.4, -0.2) is 55.6 Å². The Balaban J connectivity index is 2.37. The Bertz CT molecular complexity index is 836. The molecular formula is C16H21N3O6S. The summed E-state index contributed by atoms with van der Waals surface area (Å²) in [7, 11) is -3.63. The van der Waals surface area contributed by atoms with Crippen LogP contribution in [0, 0.1) is 5.92 Å². The second-order valence-electron chi connectivity index (χ2n) is 6.24. The number of carbonyl (C=O) groups excluding carboxylic acids is 2. The van der Waals surface area contributed by atoms with Gasteiger partial charge in [0.1, 0.15) is 0 Å². The third-order valence-electron chi connectivity index (χ3n) is 3.92. The zero-order valence-electron chi connectivity index (χ0n) is 14.5. The fraction of sp³-hybridized carbons (Fsp3) is 0.438. The van der Waals surface area contributed by atoms with Gasteiger partial charge in [-0.2, -0.15) is 0 Å². The molecule has 10 heteroatoms. The van der Waals surface area contributed by atoms with E-state index in [0.717, 1.165) is 6.26 Å². The van der Waals surface area contributed by atoms with E-state index in [9.17, 15) is 27.9 Å². The van der Waals surface area contributed by atoms with E-state index in [1.54, 1.807) is 0 Å². The lowest BCUT2D eigenvalue weighted by atomic mass is 9.97. The first-order chi connectivity index (χ1) is 12.1. The summed E-state index contributed by atoms with van der Waals surface area (Å²) < 4.78 is 25.4. The van der Waals surface area contributed by atoms with Crippen molar-refractivity contribution in [2.24, 2.45) is 5.92 Å². The lowest BCUT2D eigenvalue weighted by molar-refractivity contribution is -0.143. The summed E-state index contributed by atoms with van der Waals surface area (Å²) in [6.07, 6.45) is 1.99. The van der Waals surface area contributed by atoms with Gasteiger partial charge in [-0.15, -0.1) is 0 Å². The zero-order chi connectivity index (χ0) is 19.5. The maximum Gasteiger partial charge on any atom is 0.308 e. The van der Waals surface area contributed by atoms with Crippen LogP contribution in [0.25, 0.3) is 0 Å². The number of anilines is 2. The highest BCUT2D eigenvalue weighted by atomic mass is 32.2. The maximum atomic E-state index is 12.9. The van der Waals surface area contributed by atoms with Gasteiger partial charge in [0, 0.05) is 25.7 Å². The van der Waals surface area contributed by atoms with Gasteiger partial charge in [0.2, 0.25) is 15.9 Å². The number of sulfonamides is 1. The van der Waals surface area contributed by atoms with Crippen molar-refractivity contribution < 1.29 is 27.9 Å². The monoisotopic (exact) mass is 383 g/mol. The second-order valence-corrected chi connectivity index (χ2v) is 7.99. The molecule has 0 bridgehead atoms. The highest BCUT2D eigenvalue weighted by Gasteiger charge is 2.30. The standard InChI is InChI=1S/C16H21N3O6S/c1-10(20)17-12-5-6-14(18-26(2,24)25)13(8-12)15(21)19-7-3-4-11(9-19)16(22)23/h5-6,8,11,18H,3-4,7,9H2,1-2H3,(H,17,20)(H,22,23). The number of carboxylic acids is 1. The number of benzene rings is 1. The van der Waals surface area contributed by atoms with Crippen molar-refractivity contribution in [1.82, 2.24) is 4.90 Å². The number of nitrogens with one attached hydrogen (secondary N) is 2. The minimum atomic E-state index is -3.63. The predicted octanol–water partition coefficient (Wildman–Crippen LogP) is 0.953. The predicted molar refractivity (Wildman–Crippen MR) is 95.5 cm³/mol. The van der Waals surface area contributed by atoms with Crippen molar-refractivity contribution in [3.63, 3.8) is 0 Å². The molecular weight excluding hydrogens is 362 g/mol. The molecule has 0 saturated carbocycles. The number of aliphatic carboxylic acids is 1. The van der Waals surface area contributed by atoms with Gasteiger partial charge in [0.15, 0.2) is 0 Å². The Morgan fingerprint density at radius 2 is 1.96 bits per heavy atom. The van der Waals surface area contributed by atoms with Gasteiger partial charge >= 0.3 is 5.97 Å². The molecule has 1 saturated heterocycles. The molecule has 0 aromatic heterocycles. The molecule has 1 atom stereocenters. The molecule has 2 amide bonds. The van der Waals surface area contributed by atoms with Crippen LogP contribution in [0.15, 0.2) is 18.2 Å². The molecule has 142 valence electrons. The number of amides is 2. The maximum absolute atomic E-state index is 12.9. The second kappa shape index (κ2) is 7.73. The molecule has 0 spiro atoms. The van der Waals surface area contributed by atoms with E-state index in [2.05, 4.69) is 10.0 Å². The van der Waals surface area contributed by atoms with Crippen LogP contribution in [0.2, 0.25) is 0 Å². The van der Waals surface area contributed by atoms with Crippen molar-refractivity contribution in [3.05, 3.63) is 23.8 Å². The Morgan fingerprint density at radius 1 is 1.27 bits per heavy atom. The average Bonchev–Trinajstić information content (AvgIpc) is 2.54. The molecule has 3 N–H and O–H groups in total. The fourth-order valence-electron chi connectivity index (χ4n) is 2.82. The summed E-state index contributed by atoms with van der Waals surface area (Å²) in [6.45, 7) is 1.74. The van der Waals surface area contributed by atoms with Crippen LogP contribution in [0.4, 0.5) is 11.4 Å². The number of rotatable bonds is 5. The fourth-order valence-corrected chi connectivity index (χ4v) is 3.40. The van der Waals surface area contributed by atoms with Crippen LogP contribution >= 0.6 is 0 Å². The number of nitrogens with zero attached hydrogens (tertiary/aromatic N) is 1. The molecule has 1 aromatic rings. The molecule has 9 nitrogen and oxygen atoms in total. The normalized spacial score (nSPS) is 17.5. The van der Waals surface area contributed by atoms with Gasteiger partial charge < -0.3 is 15.3 Å². The summed E-state index contributed by atoms with van der Waals surface area (Å²) in [4.78, 5) is 36.7. The molecule has 1 heterocycles. The molecule has 1 aliphatic heterocycles. The van der Waals surface area contributed by atoms with Crippen LogP contribution in [0.5, 0.6) is 0 Å². The molecule has 1 unspecified atom stereocenters. The molecule has 1 fully saturated rings. The van der Waals surface area contributed by atoms with Crippen molar-refractivity contribution in [3.8, 4) is 0 Å². The quantitative estimate of drug-likeness (QED) is 0.693. The van der Waals surface area contributed by atoms with Gasteiger partial charge in [0.05, 0.1) is 23.4 Å². The Kier molecular flexibility index (Phi) is 5.86. The molecule has 2 rings (SSSR count). The summed E-state index contributed by atoms with van der Waals surface area (Å²) in [5.74, 6) is -2.45. The average molecular weight is 383 g/mol. The Hall–Kier alpha value is -2.62. The first kappa shape index (κ1) is 19.7. The third kappa shape index (κ3) is 5.19. The lowest BCUT2D eigenvalue weighted by Gasteiger charge is -2.31. The molecule has 1 aliphatic rings. The van der Waals surface area contributed by atoms with Gasteiger partial charge in [-0.3, -0.25) is 19.1 Å². The van der Waals surface area contributed by atoms with E-state index < -0.39 is 27.8 Å². The summed E-state index contributed by atoms with van der Waals surface area (Å²) >= 11 is 0. The first-order valence-electron chi connectivity index (χ1n) is 7.98. The lowest BCUT2D eigenvalue weighted by Crippen LogP contribution is -2.42. The smallest absolute Gasteiger partial charge is 0.308 e. The SMILES string of the molecule is CC(=O)Nc1ccc(NS(C)(=O)=O)c(C(=O)N2CCCC(C(=O)O)C2)c1. The molecule has 0 radical (unpaired) electrons. The minimum Gasteiger partial charge on any atom is -0.481 e. The van der Waals surface area contributed by atoms with Gasteiger partial charge in [-0.1, -0.05) is 0 Å². The zero-order valence-corrected chi connectivity index (χ0v) is 15.3. The Labute approximate surface area is 151 Å². The number of hydrogen-bond acceptors (Lipinski definition) is 5. The van der Waals surface area contributed by atoms with Gasteiger partial charge in [-0.25, -0.2) is 8.42 Å². The van der Waals surface area contributed by atoms with E-state index in [0.29, 0.717) is 25.1 Å². The summed E-state index contributed by atoms with van der Waals surface area (Å²) in [5.41, 5.74) is 0.462. The van der Waals surface area contributed by atoms with Crippen LogP contribution < -0.4 is 10.0 Å². The van der Waals surface area contributed by atoms with Crippen LogP contribution in [-0.2, 0) is 19.6 Å². The highest BCUT2D eigenvalue weighted by molar-refractivity contribution is 7.92. The minimum absolute atomic E-state index is 0.0488. The van der Waals surface area contributed by atoms with E-state index in [4.69, 9.17) is 0 Å². The first-order valence-corrected chi connectivity index (χ1v) is 9.87. The number of piperidine rings is 1. The van der Waals surface area contributed by atoms with Crippen LogP contribution in [0.1, 0.15) is 30.1 Å². The number of likely N-dealkylation sites (tertiary alicyclic amines) is 1.